The van der Waals surface area contributed by atoms with Gasteiger partial charge in [-0.25, -0.2) is 0 Å². The minimum atomic E-state index is -4.93. The molecule has 8 nitrogen and oxygen atoms in total. The Morgan fingerprint density at radius 1 is 0.875 bits per heavy atom. The van der Waals surface area contributed by atoms with E-state index in [1.54, 1.807) is 0 Å². The van der Waals surface area contributed by atoms with Gasteiger partial charge in [0, 0.05) is 0 Å². The Morgan fingerprint density at radius 3 is 1.79 bits per heavy atom. The highest BCUT2D eigenvalue weighted by Crippen LogP contribution is 2.73. The van der Waals surface area contributed by atoms with Crippen molar-refractivity contribution in [2.24, 2.45) is 0 Å². The molecular formula is C14H33NO7P2. The summed E-state index contributed by atoms with van der Waals surface area (Å²) in [5.41, 5.74) is 0. The van der Waals surface area contributed by atoms with E-state index in [0.29, 0.717) is 25.9 Å². The van der Waals surface area contributed by atoms with E-state index in [2.05, 4.69) is 6.92 Å². The van der Waals surface area contributed by atoms with Crippen LogP contribution in [0.3, 0.4) is 0 Å². The SMILES string of the molecule is CCCCCCCCCCN1CCCC1(P(=O)(O)O)P(=O)(O)O.O. The number of unbranched alkanes of at least 4 members (excludes halogenated alkanes) is 7. The zero-order valence-electron chi connectivity index (χ0n) is 14.4. The Hall–Kier alpha value is 0.220. The highest BCUT2D eigenvalue weighted by molar-refractivity contribution is 7.72. The van der Waals surface area contributed by atoms with E-state index in [9.17, 15) is 28.7 Å². The highest BCUT2D eigenvalue weighted by atomic mass is 31.2. The zero-order chi connectivity index (χ0) is 17.6. The first-order valence-corrected chi connectivity index (χ1v) is 11.8. The molecule has 1 rings (SSSR count). The van der Waals surface area contributed by atoms with Crippen molar-refractivity contribution in [2.75, 3.05) is 13.1 Å². The van der Waals surface area contributed by atoms with Crippen LogP contribution < -0.4 is 0 Å². The van der Waals surface area contributed by atoms with Crippen molar-refractivity contribution < 1.29 is 34.2 Å². The van der Waals surface area contributed by atoms with Crippen LogP contribution in [0.2, 0.25) is 0 Å². The maximum absolute atomic E-state index is 11.8. The minimum Gasteiger partial charge on any atom is -0.412 e. The molecule has 0 amide bonds. The summed E-state index contributed by atoms with van der Waals surface area (Å²) in [5, 5.41) is -2.30. The van der Waals surface area contributed by atoms with Crippen molar-refractivity contribution in [1.82, 2.24) is 4.90 Å². The lowest BCUT2D eigenvalue weighted by atomic mass is 10.1. The molecule has 0 aromatic rings. The van der Waals surface area contributed by atoms with Gasteiger partial charge in [0.15, 0.2) is 0 Å². The molecule has 1 fully saturated rings. The van der Waals surface area contributed by atoms with E-state index < -0.39 is 20.2 Å². The predicted molar refractivity (Wildman–Crippen MR) is 93.9 cm³/mol. The summed E-state index contributed by atoms with van der Waals surface area (Å²) in [7, 11) is -9.87. The van der Waals surface area contributed by atoms with Crippen LogP contribution >= 0.6 is 15.2 Å². The van der Waals surface area contributed by atoms with Gasteiger partial charge < -0.3 is 25.0 Å². The van der Waals surface area contributed by atoms with Crippen molar-refractivity contribution in [2.45, 2.75) is 76.2 Å². The standard InChI is InChI=1S/C14H31NO6P2.H2O/c1-2-3-4-5-6-7-8-9-12-15-13-10-11-14(15,22(16,17)18)23(19,20)21;/h2-13H2,1H3,(H2,16,17,18)(H2,19,20,21);1H2. The summed E-state index contributed by atoms with van der Waals surface area (Å²) >= 11 is 0. The molecule has 10 heteroatoms. The summed E-state index contributed by atoms with van der Waals surface area (Å²) < 4.78 is 23.6. The number of hydrogen-bond acceptors (Lipinski definition) is 3. The molecule has 0 aromatic heterocycles. The van der Waals surface area contributed by atoms with Gasteiger partial charge in [0.05, 0.1) is 0 Å². The fraction of sp³-hybridized carbons (Fsp3) is 1.00. The topological polar surface area (TPSA) is 150 Å². The second kappa shape index (κ2) is 10.4. The van der Waals surface area contributed by atoms with Crippen LogP contribution in [0.5, 0.6) is 0 Å². The van der Waals surface area contributed by atoms with Gasteiger partial charge in [-0.3, -0.25) is 14.0 Å². The summed E-state index contributed by atoms with van der Waals surface area (Å²) in [6, 6.07) is 0. The van der Waals surface area contributed by atoms with E-state index >= 15 is 0 Å². The summed E-state index contributed by atoms with van der Waals surface area (Å²) in [6.45, 7) is 2.82. The first kappa shape index (κ1) is 24.2. The molecule has 6 N–H and O–H groups in total. The minimum absolute atomic E-state index is 0. The molecule has 0 unspecified atom stereocenters. The lowest BCUT2D eigenvalue weighted by Crippen LogP contribution is -2.43. The van der Waals surface area contributed by atoms with E-state index in [1.807, 2.05) is 0 Å². The van der Waals surface area contributed by atoms with Crippen molar-refractivity contribution in [3.63, 3.8) is 0 Å². The fourth-order valence-corrected chi connectivity index (χ4v) is 6.79. The van der Waals surface area contributed by atoms with Crippen LogP contribution in [0.25, 0.3) is 0 Å². The third kappa shape index (κ3) is 5.89. The van der Waals surface area contributed by atoms with E-state index in [0.717, 1.165) is 19.3 Å². The first-order chi connectivity index (χ1) is 10.7. The van der Waals surface area contributed by atoms with Gasteiger partial charge in [-0.2, -0.15) is 0 Å². The molecular weight excluding hydrogens is 356 g/mol. The largest absolute Gasteiger partial charge is 0.412 e. The Bertz CT molecular complexity index is 426. The van der Waals surface area contributed by atoms with Crippen LogP contribution in [-0.4, -0.2) is 48.1 Å². The third-order valence-electron chi connectivity index (χ3n) is 4.66. The normalized spacial score (nSPS) is 18.5. The monoisotopic (exact) mass is 389 g/mol. The average Bonchev–Trinajstić information content (AvgIpc) is 2.86. The van der Waals surface area contributed by atoms with Crippen LogP contribution in [0.15, 0.2) is 0 Å². The molecule has 0 saturated carbocycles. The quantitative estimate of drug-likeness (QED) is 0.313. The Labute approximate surface area is 144 Å². The van der Waals surface area contributed by atoms with E-state index in [1.165, 1.54) is 30.6 Å². The smallest absolute Gasteiger partial charge is 0.358 e. The second-order valence-electron chi connectivity index (χ2n) is 6.43. The molecule has 146 valence electrons. The summed E-state index contributed by atoms with van der Waals surface area (Å²) in [5.74, 6) is 0. The summed E-state index contributed by atoms with van der Waals surface area (Å²) in [4.78, 5) is 39.6. The van der Waals surface area contributed by atoms with Crippen LogP contribution in [0.4, 0.5) is 0 Å². The second-order valence-corrected chi connectivity index (χ2v) is 10.4. The Balaban J connectivity index is 0.00000529. The lowest BCUT2D eigenvalue weighted by molar-refractivity contribution is 0.192. The molecule has 0 atom stereocenters. The van der Waals surface area contributed by atoms with Gasteiger partial charge in [0.1, 0.15) is 0 Å². The number of likely N-dealkylation sites (tertiary alicyclic amines) is 1. The maximum atomic E-state index is 11.8. The molecule has 0 bridgehead atoms. The molecule has 1 saturated heterocycles. The molecule has 0 spiro atoms. The summed E-state index contributed by atoms with van der Waals surface area (Å²) in [6.07, 6.45) is 8.96. The van der Waals surface area contributed by atoms with Crippen LogP contribution in [0.1, 0.15) is 71.1 Å². The predicted octanol–water partition coefficient (Wildman–Crippen LogP) is 2.41. The van der Waals surface area contributed by atoms with Gasteiger partial charge >= 0.3 is 15.2 Å². The van der Waals surface area contributed by atoms with E-state index in [4.69, 9.17) is 0 Å². The Kier molecular flexibility index (Phi) is 10.5. The molecule has 0 radical (unpaired) electrons. The number of nitrogens with zero attached hydrogens (tertiary/aromatic N) is 1. The van der Waals surface area contributed by atoms with Gasteiger partial charge in [0.25, 0.3) is 0 Å². The Morgan fingerprint density at radius 2 is 1.33 bits per heavy atom. The molecule has 0 aromatic carbocycles. The fourth-order valence-electron chi connectivity index (χ4n) is 3.40. The van der Waals surface area contributed by atoms with Crippen molar-refractivity contribution in [3.8, 4) is 0 Å². The molecule has 1 aliphatic rings. The molecule has 1 heterocycles. The molecule has 1 aliphatic heterocycles. The van der Waals surface area contributed by atoms with Crippen LogP contribution in [-0.2, 0) is 9.13 Å². The van der Waals surface area contributed by atoms with Gasteiger partial charge in [-0.15, -0.1) is 0 Å². The van der Waals surface area contributed by atoms with Crippen LogP contribution in [0, 0.1) is 0 Å². The number of hydrogen-bond donors (Lipinski definition) is 4. The van der Waals surface area contributed by atoms with Gasteiger partial charge in [0.2, 0.25) is 5.02 Å². The maximum Gasteiger partial charge on any atom is 0.358 e. The highest BCUT2D eigenvalue weighted by Gasteiger charge is 2.65. The van der Waals surface area contributed by atoms with Crippen molar-refractivity contribution in [1.29, 1.82) is 0 Å². The molecule has 0 aliphatic carbocycles. The van der Waals surface area contributed by atoms with E-state index in [-0.39, 0.29) is 11.9 Å². The van der Waals surface area contributed by atoms with Crippen molar-refractivity contribution in [3.05, 3.63) is 0 Å². The van der Waals surface area contributed by atoms with Gasteiger partial charge in [-0.05, 0) is 32.4 Å². The van der Waals surface area contributed by atoms with Gasteiger partial charge in [-0.1, -0.05) is 51.9 Å². The zero-order valence-corrected chi connectivity index (χ0v) is 16.2. The average molecular weight is 389 g/mol. The lowest BCUT2D eigenvalue weighted by Gasteiger charge is -2.38. The first-order valence-electron chi connectivity index (χ1n) is 8.53. The molecule has 24 heavy (non-hydrogen) atoms. The van der Waals surface area contributed by atoms with Crippen molar-refractivity contribution >= 4 is 15.2 Å². The number of rotatable bonds is 11. The third-order valence-corrected chi connectivity index (χ3v) is 9.10.